The van der Waals surface area contributed by atoms with E-state index in [9.17, 15) is 0 Å². The van der Waals surface area contributed by atoms with Crippen LogP contribution in [-0.2, 0) is 9.57 Å². The number of thiocarbonyl (C=S) groups is 1. The average molecular weight is 319 g/mol. The van der Waals surface area contributed by atoms with Crippen LogP contribution in [0.5, 0.6) is 0 Å². The van der Waals surface area contributed by atoms with Crippen LogP contribution in [0.1, 0.15) is 12.0 Å². The fourth-order valence-electron chi connectivity index (χ4n) is 2.51. The van der Waals surface area contributed by atoms with E-state index >= 15 is 0 Å². The Morgan fingerprint density at radius 2 is 2.05 bits per heavy atom. The van der Waals surface area contributed by atoms with Crippen LogP contribution in [0.3, 0.4) is 0 Å². The van der Waals surface area contributed by atoms with Crippen LogP contribution in [0.2, 0.25) is 0 Å². The minimum absolute atomic E-state index is 0.0650. The SMILES string of the molecule is S=C(NCCC1C=C(c2ccccc2)NO1)N1CCOCC1. The first-order chi connectivity index (χ1) is 10.8. The number of nitrogens with one attached hydrogen (secondary N) is 2. The van der Waals surface area contributed by atoms with Crippen molar-refractivity contribution in [2.24, 2.45) is 0 Å². The van der Waals surface area contributed by atoms with E-state index in [0.717, 1.165) is 55.6 Å². The van der Waals surface area contributed by atoms with Crippen molar-refractivity contribution in [3.63, 3.8) is 0 Å². The van der Waals surface area contributed by atoms with E-state index in [-0.39, 0.29) is 6.10 Å². The Balaban J connectivity index is 1.43. The van der Waals surface area contributed by atoms with Crippen molar-refractivity contribution >= 4 is 23.0 Å². The van der Waals surface area contributed by atoms with E-state index in [4.69, 9.17) is 21.8 Å². The standard InChI is InChI=1S/C16H21N3O2S/c22-16(19-8-10-20-11-9-19)17-7-6-14-12-15(18-21-14)13-4-2-1-3-5-13/h1-5,12,14,18H,6-11H2,(H,17,22). The van der Waals surface area contributed by atoms with Gasteiger partial charge in [-0.05, 0) is 30.3 Å². The Hall–Kier alpha value is -1.63. The second-order valence-corrected chi connectivity index (χ2v) is 5.71. The molecular weight excluding hydrogens is 298 g/mol. The van der Waals surface area contributed by atoms with Crippen molar-refractivity contribution in [1.29, 1.82) is 0 Å². The molecule has 1 aromatic carbocycles. The molecule has 1 atom stereocenters. The first-order valence-corrected chi connectivity index (χ1v) is 8.03. The van der Waals surface area contributed by atoms with E-state index in [2.05, 4.69) is 33.9 Å². The Morgan fingerprint density at radius 3 is 2.82 bits per heavy atom. The molecule has 2 heterocycles. The van der Waals surface area contributed by atoms with E-state index in [0.29, 0.717) is 0 Å². The Labute approximate surface area is 136 Å². The van der Waals surface area contributed by atoms with Crippen molar-refractivity contribution < 1.29 is 9.57 Å². The smallest absolute Gasteiger partial charge is 0.169 e. The van der Waals surface area contributed by atoms with Crippen molar-refractivity contribution in [3.8, 4) is 0 Å². The van der Waals surface area contributed by atoms with E-state index in [1.54, 1.807) is 0 Å². The normalized spacial score (nSPS) is 21.2. The van der Waals surface area contributed by atoms with Crippen LogP contribution in [-0.4, -0.2) is 49.0 Å². The molecule has 2 aliphatic rings. The number of morpholine rings is 1. The van der Waals surface area contributed by atoms with Crippen LogP contribution in [0, 0.1) is 0 Å². The molecule has 1 saturated heterocycles. The van der Waals surface area contributed by atoms with Crippen LogP contribution >= 0.6 is 12.2 Å². The topological polar surface area (TPSA) is 45.8 Å². The van der Waals surface area contributed by atoms with Crippen molar-refractivity contribution in [2.75, 3.05) is 32.8 Å². The lowest BCUT2D eigenvalue weighted by atomic mass is 10.1. The molecule has 2 N–H and O–H groups in total. The molecule has 118 valence electrons. The third kappa shape index (κ3) is 3.97. The lowest BCUT2D eigenvalue weighted by Gasteiger charge is -2.29. The summed E-state index contributed by atoms with van der Waals surface area (Å²) in [6.45, 7) is 4.03. The molecule has 22 heavy (non-hydrogen) atoms. The summed E-state index contributed by atoms with van der Waals surface area (Å²) in [5, 5.41) is 4.11. The van der Waals surface area contributed by atoms with Gasteiger partial charge in [0.1, 0.15) is 6.10 Å². The summed E-state index contributed by atoms with van der Waals surface area (Å²) < 4.78 is 5.32. The zero-order chi connectivity index (χ0) is 15.2. The van der Waals surface area contributed by atoms with Gasteiger partial charge in [-0.1, -0.05) is 30.3 Å². The van der Waals surface area contributed by atoms with Gasteiger partial charge in [-0.15, -0.1) is 0 Å². The van der Waals surface area contributed by atoms with Gasteiger partial charge in [0, 0.05) is 19.6 Å². The molecule has 6 heteroatoms. The van der Waals surface area contributed by atoms with E-state index in [1.165, 1.54) is 0 Å². The number of hydrogen-bond acceptors (Lipinski definition) is 4. The number of rotatable bonds is 4. The molecule has 2 aliphatic heterocycles. The van der Waals surface area contributed by atoms with Crippen molar-refractivity contribution in [2.45, 2.75) is 12.5 Å². The van der Waals surface area contributed by atoms with Gasteiger partial charge in [-0.25, -0.2) is 0 Å². The summed E-state index contributed by atoms with van der Waals surface area (Å²) in [7, 11) is 0. The fourth-order valence-corrected chi connectivity index (χ4v) is 2.79. The number of hydrogen-bond donors (Lipinski definition) is 2. The maximum absolute atomic E-state index is 5.59. The third-order valence-electron chi connectivity index (χ3n) is 3.76. The van der Waals surface area contributed by atoms with Gasteiger partial charge in [0.25, 0.3) is 0 Å². The first kappa shape index (κ1) is 15.3. The number of ether oxygens (including phenoxy) is 1. The van der Waals surface area contributed by atoms with Crippen LogP contribution in [0.15, 0.2) is 36.4 Å². The summed E-state index contributed by atoms with van der Waals surface area (Å²) in [6.07, 6.45) is 3.05. The summed E-state index contributed by atoms with van der Waals surface area (Å²) in [5.41, 5.74) is 5.17. The molecule has 1 fully saturated rings. The summed E-state index contributed by atoms with van der Waals surface area (Å²) >= 11 is 5.40. The fraction of sp³-hybridized carbons (Fsp3) is 0.438. The molecule has 0 aliphatic carbocycles. The lowest BCUT2D eigenvalue weighted by molar-refractivity contribution is 0.0471. The highest BCUT2D eigenvalue weighted by Crippen LogP contribution is 2.19. The van der Waals surface area contributed by atoms with Crippen LogP contribution in [0.25, 0.3) is 5.70 Å². The second kappa shape index (κ2) is 7.58. The Bertz CT molecular complexity index is 529. The largest absolute Gasteiger partial charge is 0.378 e. The molecular formula is C16H21N3O2S. The highest BCUT2D eigenvalue weighted by molar-refractivity contribution is 7.80. The molecule has 0 saturated carbocycles. The zero-order valence-electron chi connectivity index (χ0n) is 12.5. The molecule has 1 aromatic rings. The monoisotopic (exact) mass is 319 g/mol. The number of hydroxylamine groups is 1. The molecule has 0 radical (unpaired) electrons. The molecule has 3 rings (SSSR count). The second-order valence-electron chi connectivity index (χ2n) is 5.32. The Kier molecular flexibility index (Phi) is 5.26. The van der Waals surface area contributed by atoms with Gasteiger partial charge in [-0.2, -0.15) is 0 Å². The molecule has 0 aromatic heterocycles. The van der Waals surface area contributed by atoms with E-state index < -0.39 is 0 Å². The average Bonchev–Trinajstić information content (AvgIpc) is 3.05. The molecule has 1 unspecified atom stereocenters. The van der Waals surface area contributed by atoms with Gasteiger partial charge in [0.05, 0.1) is 18.9 Å². The van der Waals surface area contributed by atoms with Crippen LogP contribution in [0.4, 0.5) is 0 Å². The third-order valence-corrected chi connectivity index (χ3v) is 4.16. The zero-order valence-corrected chi connectivity index (χ0v) is 13.3. The maximum atomic E-state index is 5.59. The minimum Gasteiger partial charge on any atom is -0.378 e. The summed E-state index contributed by atoms with van der Waals surface area (Å²) in [4.78, 5) is 7.74. The molecule has 0 amide bonds. The van der Waals surface area contributed by atoms with Gasteiger partial charge in [0.2, 0.25) is 0 Å². The quantitative estimate of drug-likeness (QED) is 0.821. The number of nitrogens with zero attached hydrogens (tertiary/aromatic N) is 1. The van der Waals surface area contributed by atoms with Gasteiger partial charge < -0.3 is 15.0 Å². The maximum Gasteiger partial charge on any atom is 0.169 e. The predicted octanol–water partition coefficient (Wildman–Crippen LogP) is 1.53. The summed E-state index contributed by atoms with van der Waals surface area (Å²) in [5.74, 6) is 0. The molecule has 5 nitrogen and oxygen atoms in total. The predicted molar refractivity (Wildman–Crippen MR) is 90.0 cm³/mol. The van der Waals surface area contributed by atoms with E-state index in [1.807, 2.05) is 18.2 Å². The summed E-state index contributed by atoms with van der Waals surface area (Å²) in [6, 6.07) is 10.2. The minimum atomic E-state index is 0.0650. The van der Waals surface area contributed by atoms with Crippen molar-refractivity contribution in [1.82, 2.24) is 15.7 Å². The Morgan fingerprint density at radius 1 is 1.27 bits per heavy atom. The van der Waals surface area contributed by atoms with Gasteiger partial charge >= 0.3 is 0 Å². The van der Waals surface area contributed by atoms with Gasteiger partial charge in [0.15, 0.2) is 5.11 Å². The first-order valence-electron chi connectivity index (χ1n) is 7.62. The number of benzene rings is 1. The highest BCUT2D eigenvalue weighted by Gasteiger charge is 2.18. The molecule has 0 bridgehead atoms. The lowest BCUT2D eigenvalue weighted by Crippen LogP contribution is -2.46. The van der Waals surface area contributed by atoms with Gasteiger partial charge in [-0.3, -0.25) is 10.3 Å². The molecule has 0 spiro atoms. The van der Waals surface area contributed by atoms with Crippen molar-refractivity contribution in [3.05, 3.63) is 42.0 Å². The highest BCUT2D eigenvalue weighted by atomic mass is 32.1. The van der Waals surface area contributed by atoms with Crippen LogP contribution < -0.4 is 10.8 Å².